The van der Waals surface area contributed by atoms with Crippen LogP contribution in [-0.2, 0) is 12.7 Å². The summed E-state index contributed by atoms with van der Waals surface area (Å²) in [4.78, 5) is 25.0. The van der Waals surface area contributed by atoms with Gasteiger partial charge in [0, 0.05) is 11.9 Å². The van der Waals surface area contributed by atoms with Gasteiger partial charge in [0.05, 0.1) is 12.1 Å². The Balaban J connectivity index is 1.68. The van der Waals surface area contributed by atoms with Crippen molar-refractivity contribution in [2.75, 3.05) is 5.32 Å². The fourth-order valence-corrected chi connectivity index (χ4v) is 2.91. The predicted octanol–water partition coefficient (Wildman–Crippen LogP) is 3.55. The van der Waals surface area contributed by atoms with E-state index in [1.54, 1.807) is 24.3 Å². The number of alkyl halides is 3. The molecule has 1 heterocycles. The van der Waals surface area contributed by atoms with Crippen LogP contribution >= 0.6 is 12.2 Å². The first kappa shape index (κ1) is 22.0. The maximum absolute atomic E-state index is 12.9. The first-order valence-corrected chi connectivity index (χ1v) is 9.43. The van der Waals surface area contributed by atoms with Crippen molar-refractivity contribution in [1.82, 2.24) is 15.4 Å². The Morgan fingerprint density at radius 1 is 0.968 bits per heavy atom. The van der Waals surface area contributed by atoms with E-state index in [1.807, 2.05) is 6.07 Å². The lowest BCUT2D eigenvalue weighted by Crippen LogP contribution is -2.45. The van der Waals surface area contributed by atoms with Gasteiger partial charge in [-0.1, -0.05) is 30.3 Å². The van der Waals surface area contributed by atoms with Gasteiger partial charge in [0.25, 0.3) is 11.5 Å². The molecule has 0 saturated carbocycles. The van der Waals surface area contributed by atoms with Crippen LogP contribution in [0, 0.1) is 0 Å². The molecule has 0 aliphatic heterocycles. The Hall–Kier alpha value is -3.66. The summed E-state index contributed by atoms with van der Waals surface area (Å²) in [5.41, 5.74) is 4.16. The topological polar surface area (TPSA) is 75.2 Å². The molecule has 2 aromatic carbocycles. The molecule has 0 radical (unpaired) electrons. The molecule has 0 atom stereocenters. The molecule has 0 unspecified atom stereocenters. The smallest absolute Gasteiger partial charge is 0.331 e. The Bertz CT molecular complexity index is 1150. The van der Waals surface area contributed by atoms with Gasteiger partial charge in [-0.25, -0.2) is 0 Å². The number of para-hydroxylation sites is 1. The van der Waals surface area contributed by atoms with Crippen LogP contribution in [0.15, 0.2) is 77.7 Å². The number of anilines is 1. The van der Waals surface area contributed by atoms with Crippen molar-refractivity contribution >= 4 is 28.9 Å². The zero-order valence-corrected chi connectivity index (χ0v) is 16.8. The molecule has 3 N–H and O–H groups in total. The van der Waals surface area contributed by atoms with E-state index in [0.717, 1.165) is 16.7 Å². The number of amides is 1. The predicted molar refractivity (Wildman–Crippen MR) is 115 cm³/mol. The van der Waals surface area contributed by atoms with Crippen molar-refractivity contribution in [3.05, 3.63) is 100.0 Å². The summed E-state index contributed by atoms with van der Waals surface area (Å²) < 4.78 is 39.9. The second kappa shape index (κ2) is 9.43. The van der Waals surface area contributed by atoms with Crippen molar-refractivity contribution in [2.45, 2.75) is 12.7 Å². The van der Waals surface area contributed by atoms with Crippen LogP contribution in [-0.4, -0.2) is 15.6 Å². The first-order chi connectivity index (χ1) is 14.7. The summed E-state index contributed by atoms with van der Waals surface area (Å²) in [6.45, 7) is -0.120. The normalized spacial score (nSPS) is 10.9. The van der Waals surface area contributed by atoms with Crippen LogP contribution in [0.1, 0.15) is 21.5 Å². The molecule has 0 spiro atoms. The summed E-state index contributed by atoms with van der Waals surface area (Å²) in [6.07, 6.45) is -3.09. The quantitative estimate of drug-likeness (QED) is 0.422. The van der Waals surface area contributed by atoms with Crippen molar-refractivity contribution in [3.8, 4) is 0 Å². The summed E-state index contributed by atoms with van der Waals surface area (Å²) >= 11 is 5.08. The molecule has 0 aliphatic rings. The number of carbonyl (C=O) groups is 1. The second-order valence-electron chi connectivity index (χ2n) is 6.45. The lowest BCUT2D eigenvalue weighted by Gasteiger charge is -2.13. The average molecular weight is 446 g/mol. The van der Waals surface area contributed by atoms with E-state index in [1.165, 1.54) is 30.5 Å². The van der Waals surface area contributed by atoms with Crippen LogP contribution < -0.4 is 21.7 Å². The highest BCUT2D eigenvalue weighted by molar-refractivity contribution is 7.80. The van der Waals surface area contributed by atoms with E-state index in [0.29, 0.717) is 5.69 Å². The number of nitrogens with one attached hydrogen (secondary N) is 3. The molecule has 1 aromatic heterocycles. The van der Waals surface area contributed by atoms with Gasteiger partial charge < -0.3 is 9.88 Å². The first-order valence-electron chi connectivity index (χ1n) is 9.02. The molecule has 0 saturated heterocycles. The number of carbonyl (C=O) groups excluding carboxylic acids is 1. The maximum Gasteiger partial charge on any atom is 0.416 e. The lowest BCUT2D eigenvalue weighted by atomic mass is 10.1. The number of halogens is 3. The van der Waals surface area contributed by atoms with E-state index in [-0.39, 0.29) is 22.8 Å². The van der Waals surface area contributed by atoms with E-state index in [2.05, 4.69) is 16.2 Å². The fraction of sp³-hybridized carbons (Fsp3) is 0.0952. The highest BCUT2D eigenvalue weighted by Gasteiger charge is 2.30. The van der Waals surface area contributed by atoms with E-state index in [4.69, 9.17) is 12.2 Å². The Morgan fingerprint density at radius 3 is 2.42 bits per heavy atom. The number of aromatic nitrogens is 1. The summed E-state index contributed by atoms with van der Waals surface area (Å²) in [7, 11) is 0. The largest absolute Gasteiger partial charge is 0.416 e. The molecule has 3 rings (SSSR count). The number of pyridine rings is 1. The second-order valence-corrected chi connectivity index (χ2v) is 6.86. The Morgan fingerprint density at radius 2 is 1.71 bits per heavy atom. The molecule has 0 fully saturated rings. The van der Waals surface area contributed by atoms with Gasteiger partial charge in [0.1, 0.15) is 5.56 Å². The number of nitrogens with zero attached hydrogens (tertiary/aromatic N) is 1. The summed E-state index contributed by atoms with van der Waals surface area (Å²) in [5.74, 6) is -0.736. The average Bonchev–Trinajstić information content (AvgIpc) is 2.74. The number of hydrazine groups is 1. The monoisotopic (exact) mass is 446 g/mol. The number of hydrogen-bond acceptors (Lipinski definition) is 3. The molecular formula is C21H17F3N4O2S. The Kier molecular flexibility index (Phi) is 6.71. The van der Waals surface area contributed by atoms with Gasteiger partial charge in [-0.3, -0.25) is 20.4 Å². The van der Waals surface area contributed by atoms with Gasteiger partial charge in [-0.2, -0.15) is 13.2 Å². The molecule has 160 valence electrons. The number of hydrogen-bond donors (Lipinski definition) is 3. The van der Waals surface area contributed by atoms with E-state index >= 15 is 0 Å². The maximum atomic E-state index is 12.9. The van der Waals surface area contributed by atoms with Gasteiger partial charge in [0.2, 0.25) is 0 Å². The van der Waals surface area contributed by atoms with E-state index in [9.17, 15) is 22.8 Å². The Labute approximate surface area is 180 Å². The van der Waals surface area contributed by atoms with Crippen LogP contribution in [0.4, 0.5) is 18.9 Å². The van der Waals surface area contributed by atoms with Crippen LogP contribution in [0.2, 0.25) is 0 Å². The zero-order valence-electron chi connectivity index (χ0n) is 15.9. The minimum absolute atomic E-state index is 0.111. The molecule has 0 aliphatic carbocycles. The third-order valence-electron chi connectivity index (χ3n) is 4.19. The minimum Gasteiger partial charge on any atom is -0.331 e. The summed E-state index contributed by atoms with van der Waals surface area (Å²) in [5, 5.41) is 2.97. The highest BCUT2D eigenvalue weighted by atomic mass is 32.1. The molecule has 31 heavy (non-hydrogen) atoms. The molecule has 1 amide bonds. The van der Waals surface area contributed by atoms with Gasteiger partial charge in [0.15, 0.2) is 5.11 Å². The fourth-order valence-electron chi connectivity index (χ4n) is 2.74. The standard InChI is InChI=1S/C21H17F3N4O2S/c22-21(23,24)15-7-4-6-14(12-15)13-28-11-5-10-17(19(28)30)18(29)26-27-20(31)25-16-8-2-1-3-9-16/h1-12H,13H2,(H,26,29)(H2,25,27,31). The molecule has 3 aromatic rings. The van der Waals surface area contributed by atoms with Crippen LogP contribution in [0.3, 0.4) is 0 Å². The van der Waals surface area contributed by atoms with Gasteiger partial charge >= 0.3 is 6.18 Å². The molecule has 0 bridgehead atoms. The molecule has 10 heteroatoms. The van der Waals surface area contributed by atoms with Crippen molar-refractivity contribution < 1.29 is 18.0 Å². The zero-order chi connectivity index (χ0) is 22.4. The number of rotatable bonds is 4. The third kappa shape index (κ3) is 5.92. The van der Waals surface area contributed by atoms with E-state index < -0.39 is 23.2 Å². The van der Waals surface area contributed by atoms with Crippen molar-refractivity contribution in [2.24, 2.45) is 0 Å². The SMILES string of the molecule is O=C(NNC(=S)Nc1ccccc1)c1cccn(Cc2cccc(C(F)(F)F)c2)c1=O. The van der Waals surface area contributed by atoms with Crippen molar-refractivity contribution in [1.29, 1.82) is 0 Å². The van der Waals surface area contributed by atoms with Crippen molar-refractivity contribution in [3.63, 3.8) is 0 Å². The minimum atomic E-state index is -4.49. The van der Waals surface area contributed by atoms with Gasteiger partial charge in [-0.15, -0.1) is 0 Å². The van der Waals surface area contributed by atoms with Crippen LogP contribution in [0.25, 0.3) is 0 Å². The van der Waals surface area contributed by atoms with Crippen LogP contribution in [0.5, 0.6) is 0 Å². The third-order valence-corrected chi connectivity index (χ3v) is 4.40. The lowest BCUT2D eigenvalue weighted by molar-refractivity contribution is -0.137. The summed E-state index contributed by atoms with van der Waals surface area (Å²) in [6, 6.07) is 16.4. The highest BCUT2D eigenvalue weighted by Crippen LogP contribution is 2.29. The van der Waals surface area contributed by atoms with Gasteiger partial charge in [-0.05, 0) is 54.2 Å². The number of thiocarbonyl (C=S) groups is 1. The number of benzene rings is 2. The molecular weight excluding hydrogens is 429 g/mol. The molecule has 6 nitrogen and oxygen atoms in total.